The molecular weight excluding hydrogens is 415 g/mol. The molecule has 1 heterocycles. The van der Waals surface area contributed by atoms with Crippen LogP contribution in [0.15, 0.2) is 23.5 Å². The summed E-state index contributed by atoms with van der Waals surface area (Å²) in [5, 5.41) is 10.8. The molecule has 0 aromatic carbocycles. The minimum Gasteiger partial charge on any atom is -0.357 e. The summed E-state index contributed by atoms with van der Waals surface area (Å²) in [5.41, 5.74) is 0. The third-order valence-corrected chi connectivity index (χ3v) is 3.71. The zero-order valence-corrected chi connectivity index (χ0v) is 18.2. The highest BCUT2D eigenvalue weighted by atomic mass is 127. The van der Waals surface area contributed by atoms with Crippen LogP contribution in [0.2, 0.25) is 0 Å². The van der Waals surface area contributed by atoms with Crippen LogP contribution in [0.5, 0.6) is 0 Å². The van der Waals surface area contributed by atoms with Gasteiger partial charge in [0.1, 0.15) is 0 Å². The number of hydrogen-bond donors (Lipinski definition) is 2. The largest absolute Gasteiger partial charge is 0.357 e. The molecule has 0 aliphatic heterocycles. The number of nitrogens with one attached hydrogen (secondary N) is 2. The fourth-order valence-electron chi connectivity index (χ4n) is 2.62. The fourth-order valence-corrected chi connectivity index (χ4v) is 2.62. The molecule has 1 aromatic rings. The van der Waals surface area contributed by atoms with Crippen molar-refractivity contribution in [2.45, 2.75) is 59.7 Å². The number of halogens is 1. The number of hydrogen-bond acceptors (Lipinski definition) is 3. The molecule has 1 aromatic heterocycles. The molecule has 0 amide bonds. The lowest BCUT2D eigenvalue weighted by Crippen LogP contribution is -2.39. The fraction of sp³-hybridized carbons (Fsp3) is 0.765. The van der Waals surface area contributed by atoms with Gasteiger partial charge in [-0.25, -0.2) is 0 Å². The molecule has 0 atom stereocenters. The van der Waals surface area contributed by atoms with Gasteiger partial charge in [0.25, 0.3) is 0 Å². The Morgan fingerprint density at radius 2 is 1.92 bits per heavy atom. The number of nitrogens with zero attached hydrogens (tertiary/aromatic N) is 4. The van der Waals surface area contributed by atoms with E-state index in [1.165, 1.54) is 0 Å². The van der Waals surface area contributed by atoms with E-state index < -0.39 is 0 Å². The second-order valence-corrected chi connectivity index (χ2v) is 6.24. The first-order valence-electron chi connectivity index (χ1n) is 8.80. The first kappa shape index (κ1) is 23.2. The lowest BCUT2D eigenvalue weighted by atomic mass is 10.2. The number of rotatable bonds is 10. The van der Waals surface area contributed by atoms with Crippen LogP contribution < -0.4 is 10.6 Å². The first-order valence-corrected chi connectivity index (χ1v) is 8.80. The van der Waals surface area contributed by atoms with Crippen LogP contribution in [-0.2, 0) is 6.54 Å². The maximum atomic E-state index is 4.66. The Bertz CT molecular complexity index is 422. The predicted octanol–water partition coefficient (Wildman–Crippen LogP) is 2.57. The summed E-state index contributed by atoms with van der Waals surface area (Å²) in [7, 11) is 0. The van der Waals surface area contributed by atoms with Gasteiger partial charge in [-0.05, 0) is 47.1 Å². The van der Waals surface area contributed by atoms with Crippen LogP contribution in [0.3, 0.4) is 0 Å². The summed E-state index contributed by atoms with van der Waals surface area (Å²) in [6, 6.07) is 3.10. The van der Waals surface area contributed by atoms with Gasteiger partial charge in [-0.2, -0.15) is 5.10 Å². The third kappa shape index (κ3) is 9.46. The molecule has 0 unspecified atom stereocenters. The molecule has 0 aliphatic carbocycles. The average Bonchev–Trinajstić information content (AvgIpc) is 2.99. The van der Waals surface area contributed by atoms with Crippen LogP contribution in [0, 0.1) is 0 Å². The average molecular weight is 450 g/mol. The van der Waals surface area contributed by atoms with Gasteiger partial charge in [-0.3, -0.25) is 14.6 Å². The van der Waals surface area contributed by atoms with Crippen molar-refractivity contribution in [2.24, 2.45) is 4.99 Å². The van der Waals surface area contributed by atoms with Gasteiger partial charge in [-0.1, -0.05) is 0 Å². The quantitative estimate of drug-likeness (QED) is 0.249. The monoisotopic (exact) mass is 450 g/mol. The summed E-state index contributed by atoms with van der Waals surface area (Å²) < 4.78 is 1.92. The highest BCUT2D eigenvalue weighted by Crippen LogP contribution is 2.05. The Morgan fingerprint density at radius 3 is 2.46 bits per heavy atom. The van der Waals surface area contributed by atoms with E-state index in [4.69, 9.17) is 0 Å². The van der Waals surface area contributed by atoms with Crippen molar-refractivity contribution in [2.75, 3.05) is 26.2 Å². The second-order valence-electron chi connectivity index (χ2n) is 6.24. The summed E-state index contributed by atoms with van der Waals surface area (Å²) in [4.78, 5) is 7.17. The van der Waals surface area contributed by atoms with Crippen LogP contribution in [0.25, 0.3) is 0 Å². The topological polar surface area (TPSA) is 57.5 Å². The highest BCUT2D eigenvalue weighted by Gasteiger charge is 2.12. The maximum Gasteiger partial charge on any atom is 0.191 e. The van der Waals surface area contributed by atoms with Gasteiger partial charge in [0.05, 0.1) is 6.54 Å². The molecule has 0 spiro atoms. The summed E-state index contributed by atoms with van der Waals surface area (Å²) in [6.45, 7) is 15.6. The maximum absolute atomic E-state index is 4.66. The molecule has 1 rings (SSSR count). The lowest BCUT2D eigenvalue weighted by Gasteiger charge is -2.30. The van der Waals surface area contributed by atoms with Crippen molar-refractivity contribution in [3.05, 3.63) is 18.5 Å². The molecule has 2 N–H and O–H groups in total. The minimum absolute atomic E-state index is 0. The Hall–Kier alpha value is -0.830. The molecule has 0 aliphatic rings. The zero-order chi connectivity index (χ0) is 17.1. The molecule has 0 radical (unpaired) electrons. The molecule has 0 saturated heterocycles. The van der Waals surface area contributed by atoms with Crippen molar-refractivity contribution in [3.8, 4) is 0 Å². The molecule has 7 heteroatoms. The molecule has 0 fully saturated rings. The Morgan fingerprint density at radius 1 is 1.21 bits per heavy atom. The zero-order valence-electron chi connectivity index (χ0n) is 15.8. The second kappa shape index (κ2) is 13.5. The molecule has 6 nitrogen and oxygen atoms in total. The first-order chi connectivity index (χ1) is 11.0. The van der Waals surface area contributed by atoms with E-state index in [0.29, 0.717) is 12.1 Å². The van der Waals surface area contributed by atoms with Crippen LogP contribution in [0.1, 0.15) is 41.0 Å². The van der Waals surface area contributed by atoms with Crippen molar-refractivity contribution >= 4 is 29.9 Å². The van der Waals surface area contributed by atoms with Crippen LogP contribution in [0.4, 0.5) is 0 Å². The van der Waals surface area contributed by atoms with Crippen molar-refractivity contribution in [1.82, 2.24) is 25.3 Å². The van der Waals surface area contributed by atoms with Crippen LogP contribution in [-0.4, -0.2) is 58.9 Å². The van der Waals surface area contributed by atoms with Crippen LogP contribution >= 0.6 is 24.0 Å². The summed E-state index contributed by atoms with van der Waals surface area (Å²) >= 11 is 0. The van der Waals surface area contributed by atoms with Gasteiger partial charge in [0, 0.05) is 50.7 Å². The van der Waals surface area contributed by atoms with Gasteiger partial charge in [0.15, 0.2) is 5.96 Å². The molecular formula is C17H35IN6. The summed E-state index contributed by atoms with van der Waals surface area (Å²) in [5.74, 6) is 0.889. The van der Waals surface area contributed by atoms with Gasteiger partial charge >= 0.3 is 0 Å². The minimum atomic E-state index is 0. The highest BCUT2D eigenvalue weighted by molar-refractivity contribution is 14.0. The summed E-state index contributed by atoms with van der Waals surface area (Å²) in [6.07, 6.45) is 4.85. The molecule has 24 heavy (non-hydrogen) atoms. The van der Waals surface area contributed by atoms with E-state index in [1.807, 2.05) is 16.9 Å². The Labute approximate surface area is 164 Å². The van der Waals surface area contributed by atoms with Crippen molar-refractivity contribution < 1.29 is 0 Å². The van der Waals surface area contributed by atoms with Gasteiger partial charge in [-0.15, -0.1) is 24.0 Å². The SMILES string of the molecule is CCNC(=NCCCN(C(C)C)C(C)C)NCCn1cccn1.I. The Balaban J connectivity index is 0.00000529. The van der Waals surface area contributed by atoms with E-state index in [9.17, 15) is 0 Å². The smallest absolute Gasteiger partial charge is 0.191 e. The number of aromatic nitrogens is 2. The van der Waals surface area contributed by atoms with E-state index in [0.717, 1.165) is 45.1 Å². The molecule has 140 valence electrons. The lowest BCUT2D eigenvalue weighted by molar-refractivity contribution is 0.174. The van der Waals surface area contributed by atoms with Crippen molar-refractivity contribution in [1.29, 1.82) is 0 Å². The van der Waals surface area contributed by atoms with E-state index in [2.05, 4.69) is 60.2 Å². The van der Waals surface area contributed by atoms with E-state index >= 15 is 0 Å². The van der Waals surface area contributed by atoms with Gasteiger partial charge < -0.3 is 10.6 Å². The normalized spacial score (nSPS) is 11.9. The predicted molar refractivity (Wildman–Crippen MR) is 113 cm³/mol. The number of guanidine groups is 1. The molecule has 0 saturated carbocycles. The van der Waals surface area contributed by atoms with Crippen molar-refractivity contribution in [3.63, 3.8) is 0 Å². The third-order valence-electron chi connectivity index (χ3n) is 3.71. The van der Waals surface area contributed by atoms with E-state index in [-0.39, 0.29) is 24.0 Å². The van der Waals surface area contributed by atoms with E-state index in [1.54, 1.807) is 6.20 Å². The Kier molecular flexibility index (Phi) is 13.0. The molecule has 0 bridgehead atoms. The standard InChI is InChI=1S/C17H34N6.HI/c1-6-18-17(20-11-14-22-12-8-10-21-22)19-9-7-13-23(15(2)3)16(4)5;/h8,10,12,15-16H,6-7,9,11,13-14H2,1-5H3,(H2,18,19,20);1H. The number of aliphatic imine (C=N–C) groups is 1. The van der Waals surface area contributed by atoms with Gasteiger partial charge in [0.2, 0.25) is 0 Å².